The van der Waals surface area contributed by atoms with E-state index in [9.17, 15) is 5.11 Å². The summed E-state index contributed by atoms with van der Waals surface area (Å²) in [4.78, 5) is 0. The monoisotopic (exact) mass is 186 g/mol. The highest BCUT2D eigenvalue weighted by Gasteiger charge is 2.35. The molecule has 0 bridgehead atoms. The lowest BCUT2D eigenvalue weighted by Gasteiger charge is -2.40. The number of hydrogen-bond donors (Lipinski definition) is 1. The molecule has 1 aliphatic heterocycles. The first kappa shape index (κ1) is 11.0. The molecule has 1 saturated heterocycles. The van der Waals surface area contributed by atoms with Crippen LogP contribution >= 0.6 is 0 Å². The first-order chi connectivity index (χ1) is 5.81. The molecule has 1 fully saturated rings. The van der Waals surface area contributed by atoms with Crippen molar-refractivity contribution in [2.75, 3.05) is 6.61 Å². The topological polar surface area (TPSA) is 29.5 Å². The molecule has 0 aliphatic carbocycles. The molecule has 2 unspecified atom stereocenters. The van der Waals surface area contributed by atoms with E-state index in [1.807, 2.05) is 0 Å². The van der Waals surface area contributed by atoms with E-state index in [0.717, 1.165) is 19.3 Å². The molecule has 0 radical (unpaired) electrons. The van der Waals surface area contributed by atoms with E-state index in [0.29, 0.717) is 6.61 Å². The molecule has 2 nitrogen and oxygen atoms in total. The minimum atomic E-state index is -0.166. The number of aliphatic hydroxyl groups is 1. The van der Waals surface area contributed by atoms with Gasteiger partial charge in [0, 0.05) is 13.0 Å². The van der Waals surface area contributed by atoms with Crippen molar-refractivity contribution in [3.8, 4) is 0 Å². The van der Waals surface area contributed by atoms with Crippen LogP contribution in [0.15, 0.2) is 0 Å². The molecule has 13 heavy (non-hydrogen) atoms. The summed E-state index contributed by atoms with van der Waals surface area (Å²) >= 11 is 0. The summed E-state index contributed by atoms with van der Waals surface area (Å²) in [5.74, 6) is 0. The Morgan fingerprint density at radius 1 is 1.46 bits per heavy atom. The molecule has 0 aromatic rings. The van der Waals surface area contributed by atoms with Crippen LogP contribution in [0.4, 0.5) is 0 Å². The van der Waals surface area contributed by atoms with Gasteiger partial charge in [-0.15, -0.1) is 0 Å². The second-order valence-electron chi connectivity index (χ2n) is 5.68. The Labute approximate surface area is 81.3 Å². The third-order valence-corrected chi connectivity index (χ3v) is 2.47. The largest absolute Gasteiger partial charge is 0.393 e. The summed E-state index contributed by atoms with van der Waals surface area (Å²) in [5.41, 5.74) is 0.154. The van der Waals surface area contributed by atoms with E-state index in [-0.39, 0.29) is 17.1 Å². The maximum Gasteiger partial charge on any atom is 0.0684 e. The zero-order chi connectivity index (χ0) is 10.1. The highest BCUT2D eigenvalue weighted by Crippen LogP contribution is 2.35. The van der Waals surface area contributed by atoms with Gasteiger partial charge in [-0.25, -0.2) is 0 Å². The van der Waals surface area contributed by atoms with Crippen molar-refractivity contribution in [3.05, 3.63) is 0 Å². The molecule has 1 rings (SSSR count). The predicted octanol–water partition coefficient (Wildman–Crippen LogP) is 2.35. The Kier molecular flexibility index (Phi) is 3.03. The van der Waals surface area contributed by atoms with Gasteiger partial charge in [0.2, 0.25) is 0 Å². The fourth-order valence-electron chi connectivity index (χ4n) is 2.35. The average molecular weight is 186 g/mol. The zero-order valence-corrected chi connectivity index (χ0v) is 9.26. The number of hydrogen-bond acceptors (Lipinski definition) is 2. The summed E-state index contributed by atoms with van der Waals surface area (Å²) in [5, 5.41) is 9.56. The number of rotatable bonds is 1. The Morgan fingerprint density at radius 2 is 2.08 bits per heavy atom. The Morgan fingerprint density at radius 3 is 2.54 bits per heavy atom. The van der Waals surface area contributed by atoms with E-state index in [4.69, 9.17) is 4.74 Å². The van der Waals surface area contributed by atoms with Crippen LogP contribution in [0.2, 0.25) is 0 Å². The molecular weight excluding hydrogens is 164 g/mol. The molecule has 0 saturated carbocycles. The van der Waals surface area contributed by atoms with Crippen LogP contribution in [0.25, 0.3) is 0 Å². The quantitative estimate of drug-likeness (QED) is 0.681. The average Bonchev–Trinajstić information content (AvgIpc) is 1.79. The van der Waals surface area contributed by atoms with Crippen molar-refractivity contribution in [1.29, 1.82) is 0 Å². The van der Waals surface area contributed by atoms with Crippen LogP contribution in [-0.4, -0.2) is 23.4 Å². The van der Waals surface area contributed by atoms with Gasteiger partial charge >= 0.3 is 0 Å². The Hall–Kier alpha value is -0.0800. The third kappa shape index (κ3) is 3.65. The van der Waals surface area contributed by atoms with Crippen molar-refractivity contribution in [1.82, 2.24) is 0 Å². The first-order valence-electron chi connectivity index (χ1n) is 5.13. The molecule has 0 aromatic heterocycles. The first-order valence-corrected chi connectivity index (χ1v) is 5.13. The standard InChI is InChI=1S/C11H22O2/c1-10(2,3)8-11(4)7-9(12)5-6-13-11/h9,12H,5-8H2,1-4H3. The SMILES string of the molecule is CC(C)(C)CC1(C)CC(O)CCO1. The summed E-state index contributed by atoms with van der Waals surface area (Å²) in [6.07, 6.45) is 2.42. The Bertz CT molecular complexity index is 171. The van der Waals surface area contributed by atoms with Crippen LogP contribution in [0.5, 0.6) is 0 Å². The molecule has 2 heteroatoms. The van der Waals surface area contributed by atoms with Gasteiger partial charge in [0.15, 0.2) is 0 Å². The van der Waals surface area contributed by atoms with Gasteiger partial charge in [-0.3, -0.25) is 0 Å². The predicted molar refractivity (Wildman–Crippen MR) is 53.7 cm³/mol. The van der Waals surface area contributed by atoms with E-state index in [2.05, 4.69) is 27.7 Å². The van der Waals surface area contributed by atoms with E-state index < -0.39 is 0 Å². The fourth-order valence-corrected chi connectivity index (χ4v) is 2.35. The van der Waals surface area contributed by atoms with E-state index in [1.54, 1.807) is 0 Å². The smallest absolute Gasteiger partial charge is 0.0684 e. The van der Waals surface area contributed by atoms with Crippen molar-refractivity contribution >= 4 is 0 Å². The summed E-state index contributed by atoms with van der Waals surface area (Å²) in [6, 6.07) is 0. The lowest BCUT2D eigenvalue weighted by molar-refractivity contribution is -0.123. The van der Waals surface area contributed by atoms with Crippen LogP contribution < -0.4 is 0 Å². The molecule has 1 N–H and O–H groups in total. The third-order valence-electron chi connectivity index (χ3n) is 2.47. The second kappa shape index (κ2) is 3.58. The molecular formula is C11H22O2. The van der Waals surface area contributed by atoms with Crippen LogP contribution in [0, 0.1) is 5.41 Å². The molecule has 0 aromatic carbocycles. The van der Waals surface area contributed by atoms with Gasteiger partial charge < -0.3 is 9.84 Å². The van der Waals surface area contributed by atoms with E-state index in [1.165, 1.54) is 0 Å². The molecule has 0 spiro atoms. The molecule has 1 aliphatic rings. The highest BCUT2D eigenvalue weighted by molar-refractivity contribution is 4.86. The van der Waals surface area contributed by atoms with Crippen LogP contribution in [0.1, 0.15) is 47.0 Å². The fraction of sp³-hybridized carbons (Fsp3) is 1.00. The van der Waals surface area contributed by atoms with Gasteiger partial charge in [-0.05, 0) is 25.2 Å². The minimum Gasteiger partial charge on any atom is -0.393 e. The molecule has 78 valence electrons. The van der Waals surface area contributed by atoms with E-state index >= 15 is 0 Å². The van der Waals surface area contributed by atoms with Crippen LogP contribution in [-0.2, 0) is 4.74 Å². The normalized spacial score (nSPS) is 36.2. The summed E-state index contributed by atoms with van der Waals surface area (Å²) in [7, 11) is 0. The molecule has 1 heterocycles. The van der Waals surface area contributed by atoms with Crippen LogP contribution in [0.3, 0.4) is 0 Å². The van der Waals surface area contributed by atoms with Crippen molar-refractivity contribution in [2.45, 2.75) is 58.7 Å². The van der Waals surface area contributed by atoms with Gasteiger partial charge in [-0.2, -0.15) is 0 Å². The van der Waals surface area contributed by atoms with Crippen molar-refractivity contribution in [2.24, 2.45) is 5.41 Å². The highest BCUT2D eigenvalue weighted by atomic mass is 16.5. The molecule has 0 amide bonds. The maximum absolute atomic E-state index is 9.56. The summed E-state index contributed by atoms with van der Waals surface area (Å²) in [6.45, 7) is 9.45. The number of ether oxygens (including phenoxy) is 1. The van der Waals surface area contributed by atoms with Crippen molar-refractivity contribution in [3.63, 3.8) is 0 Å². The second-order valence-corrected chi connectivity index (χ2v) is 5.68. The lowest BCUT2D eigenvalue weighted by atomic mass is 9.79. The Balaban J connectivity index is 2.54. The maximum atomic E-state index is 9.56. The lowest BCUT2D eigenvalue weighted by Crippen LogP contribution is -2.41. The minimum absolute atomic E-state index is 0.115. The zero-order valence-electron chi connectivity index (χ0n) is 9.26. The van der Waals surface area contributed by atoms with Gasteiger partial charge in [0.1, 0.15) is 0 Å². The van der Waals surface area contributed by atoms with Gasteiger partial charge in [0.05, 0.1) is 11.7 Å². The number of aliphatic hydroxyl groups excluding tert-OH is 1. The van der Waals surface area contributed by atoms with Crippen molar-refractivity contribution < 1.29 is 9.84 Å². The van der Waals surface area contributed by atoms with Gasteiger partial charge in [-0.1, -0.05) is 20.8 Å². The summed E-state index contributed by atoms with van der Waals surface area (Å²) < 4.78 is 5.75. The molecule has 2 atom stereocenters. The van der Waals surface area contributed by atoms with Gasteiger partial charge in [0.25, 0.3) is 0 Å².